The molecule has 0 bridgehead atoms. The number of nitrogens with one attached hydrogen (secondary N) is 3. The van der Waals surface area contributed by atoms with Crippen LogP contribution in [0, 0.1) is 5.82 Å². The van der Waals surface area contributed by atoms with Gasteiger partial charge in [-0.3, -0.25) is 14.2 Å². The Bertz CT molecular complexity index is 1350. The number of aromatic amines is 1. The highest BCUT2D eigenvalue weighted by Gasteiger charge is 2.32. The van der Waals surface area contributed by atoms with E-state index in [2.05, 4.69) is 21.6 Å². The van der Waals surface area contributed by atoms with Crippen molar-refractivity contribution >= 4 is 28.3 Å². The third-order valence-electron chi connectivity index (χ3n) is 6.49. The normalized spacial score (nSPS) is 22.0. The van der Waals surface area contributed by atoms with Crippen molar-refractivity contribution in [3.63, 3.8) is 0 Å². The number of quaternary nitrogens is 1. The molecule has 2 aliphatic heterocycles. The topological polar surface area (TPSA) is 101 Å². The highest BCUT2D eigenvalue weighted by Crippen LogP contribution is 2.31. The third kappa shape index (κ3) is 4.03. The number of aryl methyl sites for hydroxylation is 1. The summed E-state index contributed by atoms with van der Waals surface area (Å²) in [5, 5.41) is 10.8. The Morgan fingerprint density at radius 2 is 2.03 bits per heavy atom. The van der Waals surface area contributed by atoms with Crippen LogP contribution in [0.4, 0.5) is 21.8 Å². The molecule has 174 valence electrons. The van der Waals surface area contributed by atoms with E-state index in [4.69, 9.17) is 14.4 Å². The van der Waals surface area contributed by atoms with Gasteiger partial charge in [-0.15, -0.1) is 0 Å². The maximum Gasteiger partial charge on any atom is 0.329 e. The lowest BCUT2D eigenvalue weighted by atomic mass is 9.93. The van der Waals surface area contributed by atoms with Crippen LogP contribution in [0.2, 0.25) is 0 Å². The number of halogens is 1. The summed E-state index contributed by atoms with van der Waals surface area (Å²) in [5.41, 5.74) is 3.34. The molecule has 1 unspecified atom stereocenters. The van der Waals surface area contributed by atoms with Crippen LogP contribution in [0.3, 0.4) is 0 Å². The summed E-state index contributed by atoms with van der Waals surface area (Å²) < 4.78 is 31.8. The first-order chi connectivity index (χ1) is 16.6. The summed E-state index contributed by atoms with van der Waals surface area (Å²) >= 11 is 0. The molecular weight excluding hydrogens is 455 g/mol. The van der Waals surface area contributed by atoms with E-state index in [1.165, 1.54) is 17.0 Å². The quantitative estimate of drug-likeness (QED) is 0.407. The van der Waals surface area contributed by atoms with Gasteiger partial charge in [0.1, 0.15) is 16.4 Å². The molecule has 2 aliphatic rings. The number of hydrogen-bond donors (Lipinski definition) is 3. The molecule has 8 nitrogen and oxygen atoms in total. The number of anilines is 2. The molecule has 3 N–H and O–H groups in total. The molecule has 10 heteroatoms. The van der Waals surface area contributed by atoms with Crippen LogP contribution in [0.1, 0.15) is 30.1 Å². The van der Waals surface area contributed by atoms with E-state index in [0.717, 1.165) is 48.8 Å². The van der Waals surface area contributed by atoms with E-state index in [1.54, 1.807) is 18.4 Å². The van der Waals surface area contributed by atoms with Gasteiger partial charge in [-0.05, 0) is 36.4 Å². The second-order valence-corrected chi connectivity index (χ2v) is 10.2. The van der Waals surface area contributed by atoms with Crippen LogP contribution in [-0.2, 0) is 17.2 Å². The van der Waals surface area contributed by atoms with Crippen molar-refractivity contribution in [3.8, 4) is 11.5 Å². The second kappa shape index (κ2) is 8.77. The molecule has 1 aromatic carbocycles. The number of rotatable bonds is 5. The molecule has 0 aliphatic carbocycles. The molecule has 1 saturated heterocycles. The molecule has 0 spiro atoms. The zero-order valence-corrected chi connectivity index (χ0v) is 19.2. The predicted octanol–water partition coefficient (Wildman–Crippen LogP) is 3.10. The first-order valence-corrected chi connectivity index (χ1v) is 12.7. The summed E-state index contributed by atoms with van der Waals surface area (Å²) in [6.45, 7) is 1.75. The molecule has 5 heterocycles. The van der Waals surface area contributed by atoms with Crippen molar-refractivity contribution in [1.29, 1.82) is 0 Å². The molecule has 3 aromatic heterocycles. The first kappa shape index (κ1) is 21.2. The fourth-order valence-corrected chi connectivity index (χ4v) is 6.05. The summed E-state index contributed by atoms with van der Waals surface area (Å²) in [7, 11) is -1.15. The van der Waals surface area contributed by atoms with E-state index in [0.29, 0.717) is 40.4 Å². The van der Waals surface area contributed by atoms with Gasteiger partial charge in [-0.2, -0.15) is 15.1 Å². The molecule has 0 radical (unpaired) electrons. The molecule has 1 atom stereocenters. The van der Waals surface area contributed by atoms with Gasteiger partial charge < -0.3 is 9.73 Å². The van der Waals surface area contributed by atoms with Gasteiger partial charge in [0.2, 0.25) is 0 Å². The maximum absolute atomic E-state index is 13.7. The average molecular weight is 480 g/mol. The number of benzene rings is 1. The lowest BCUT2D eigenvalue weighted by molar-refractivity contribution is -0.844. The van der Waals surface area contributed by atoms with Gasteiger partial charge in [-0.25, -0.2) is 4.39 Å². The minimum Gasteiger partial charge on any atom is -0.463 e. The molecule has 4 aromatic rings. The van der Waals surface area contributed by atoms with Crippen LogP contribution in [0.15, 0.2) is 58.0 Å². The van der Waals surface area contributed by atoms with Crippen molar-refractivity contribution < 1.29 is 17.9 Å². The Labute approximate surface area is 198 Å². The van der Waals surface area contributed by atoms with Gasteiger partial charge in [0.05, 0.1) is 35.8 Å². The summed E-state index contributed by atoms with van der Waals surface area (Å²) in [5.74, 6) is 2.57. The van der Waals surface area contributed by atoms with Crippen molar-refractivity contribution in [2.45, 2.75) is 30.1 Å². The van der Waals surface area contributed by atoms with Crippen molar-refractivity contribution in [2.75, 3.05) is 24.2 Å². The molecular formula is C24H24FN6O2S+. The van der Waals surface area contributed by atoms with E-state index >= 15 is 0 Å². The van der Waals surface area contributed by atoms with Crippen LogP contribution < -0.4 is 10.2 Å². The van der Waals surface area contributed by atoms with Crippen LogP contribution in [-0.4, -0.2) is 43.2 Å². The molecule has 1 fully saturated rings. The Morgan fingerprint density at radius 1 is 1.15 bits per heavy atom. The number of furan rings is 1. The zero-order valence-electron chi connectivity index (χ0n) is 18.4. The number of hydrogen-bond acceptors (Lipinski definition) is 6. The van der Waals surface area contributed by atoms with E-state index < -0.39 is 10.8 Å². The van der Waals surface area contributed by atoms with Gasteiger partial charge in [-0.1, -0.05) is 6.07 Å². The van der Waals surface area contributed by atoms with Gasteiger partial charge in [0.15, 0.2) is 11.6 Å². The number of aromatic nitrogens is 4. The minimum absolute atomic E-state index is 0.334. The SMILES string of the molecule is O=S1CCc2nc([NH+]3CCC(c4cc(-c5ccco5)n[nH]4)CC3)nc(Nc3cccc(F)c3)c21. The van der Waals surface area contributed by atoms with E-state index in [9.17, 15) is 8.60 Å². The average Bonchev–Trinajstić information content (AvgIpc) is 3.61. The molecule has 0 saturated carbocycles. The van der Waals surface area contributed by atoms with Crippen molar-refractivity contribution in [2.24, 2.45) is 0 Å². The third-order valence-corrected chi connectivity index (χ3v) is 7.95. The molecule has 34 heavy (non-hydrogen) atoms. The smallest absolute Gasteiger partial charge is 0.329 e. The largest absolute Gasteiger partial charge is 0.463 e. The lowest BCUT2D eigenvalue weighted by Crippen LogP contribution is -3.09. The van der Waals surface area contributed by atoms with E-state index in [-0.39, 0.29) is 5.82 Å². The van der Waals surface area contributed by atoms with Gasteiger partial charge in [0.25, 0.3) is 0 Å². The second-order valence-electron chi connectivity index (χ2n) is 8.67. The fraction of sp³-hybridized carbons (Fsp3) is 0.292. The fourth-order valence-electron chi connectivity index (χ4n) is 4.74. The van der Waals surface area contributed by atoms with Crippen molar-refractivity contribution in [1.82, 2.24) is 20.2 Å². The Balaban J connectivity index is 1.21. The first-order valence-electron chi connectivity index (χ1n) is 11.4. The predicted molar refractivity (Wildman–Crippen MR) is 125 cm³/mol. The summed E-state index contributed by atoms with van der Waals surface area (Å²) in [6, 6.07) is 12.0. The van der Waals surface area contributed by atoms with Crippen molar-refractivity contribution in [3.05, 3.63) is 65.9 Å². The van der Waals surface area contributed by atoms with Crippen LogP contribution in [0.5, 0.6) is 0 Å². The van der Waals surface area contributed by atoms with E-state index in [1.807, 2.05) is 12.1 Å². The zero-order chi connectivity index (χ0) is 23.1. The minimum atomic E-state index is -1.15. The van der Waals surface area contributed by atoms with Gasteiger partial charge >= 0.3 is 5.95 Å². The van der Waals surface area contributed by atoms with Crippen LogP contribution >= 0.6 is 0 Å². The highest BCUT2D eigenvalue weighted by molar-refractivity contribution is 7.85. The number of H-pyrrole nitrogens is 1. The number of nitrogens with zero attached hydrogens (tertiary/aromatic N) is 3. The number of fused-ring (bicyclic) bond motifs is 1. The number of piperidine rings is 1. The molecule has 0 amide bonds. The highest BCUT2D eigenvalue weighted by atomic mass is 32.2. The Kier molecular flexibility index (Phi) is 5.46. The monoisotopic (exact) mass is 479 g/mol. The Morgan fingerprint density at radius 3 is 2.82 bits per heavy atom. The van der Waals surface area contributed by atoms with Gasteiger partial charge in [0, 0.05) is 42.3 Å². The Hall–Kier alpha value is -3.37. The standard InChI is InChI=1S/C24H23FN6O2S/c25-16-3-1-4-17(13-16)26-23-22-18(8-12-34(22)32)27-24(28-23)31-9-6-15(7-10-31)19-14-20(30-29-19)21-5-2-11-33-21/h1-5,11,13-15H,6-10,12H2,(H,29,30)(H,26,27,28)/p+1. The lowest BCUT2D eigenvalue weighted by Gasteiger charge is -2.27. The van der Waals surface area contributed by atoms with Crippen LogP contribution in [0.25, 0.3) is 11.5 Å². The summed E-state index contributed by atoms with van der Waals surface area (Å²) in [6.07, 6.45) is 4.24. The summed E-state index contributed by atoms with van der Waals surface area (Å²) in [4.78, 5) is 11.4. The maximum atomic E-state index is 13.7. The molecule has 6 rings (SSSR count).